The van der Waals surface area contributed by atoms with Crippen LogP contribution in [-0.2, 0) is 0 Å². The molecule has 0 saturated heterocycles. The Morgan fingerprint density at radius 2 is 2.11 bits per heavy atom. The van der Waals surface area contributed by atoms with E-state index in [9.17, 15) is 0 Å². The van der Waals surface area contributed by atoms with Crippen molar-refractivity contribution in [3.05, 3.63) is 53.9 Å². The summed E-state index contributed by atoms with van der Waals surface area (Å²) in [5, 5.41) is 3.52. The summed E-state index contributed by atoms with van der Waals surface area (Å²) in [6.45, 7) is 2.75. The first kappa shape index (κ1) is 11.1. The Bertz CT molecular complexity index is 536. The summed E-state index contributed by atoms with van der Waals surface area (Å²) in [5.41, 5.74) is 3.32. The topological polar surface area (TPSA) is 34.1 Å². The highest BCUT2D eigenvalue weighted by atomic mass is 16.5. The van der Waals surface area contributed by atoms with E-state index in [1.807, 2.05) is 31.3 Å². The number of pyridine rings is 1. The van der Waals surface area contributed by atoms with E-state index in [2.05, 4.69) is 28.5 Å². The van der Waals surface area contributed by atoms with Gasteiger partial charge >= 0.3 is 0 Å². The summed E-state index contributed by atoms with van der Waals surface area (Å²) in [4.78, 5) is 4.31. The molecule has 1 unspecified atom stereocenters. The molecular weight excluding hydrogens is 224 g/mol. The molecule has 3 rings (SSSR count). The Kier molecular flexibility index (Phi) is 2.89. The monoisotopic (exact) mass is 240 g/mol. The number of nitrogens with one attached hydrogen (secondary N) is 1. The van der Waals surface area contributed by atoms with E-state index in [4.69, 9.17) is 4.74 Å². The summed E-state index contributed by atoms with van der Waals surface area (Å²) >= 11 is 0. The summed E-state index contributed by atoms with van der Waals surface area (Å²) < 4.78 is 5.65. The second-order valence-corrected chi connectivity index (χ2v) is 4.56. The van der Waals surface area contributed by atoms with Gasteiger partial charge in [-0.1, -0.05) is 18.2 Å². The highest BCUT2D eigenvalue weighted by molar-refractivity contribution is 5.47. The van der Waals surface area contributed by atoms with Crippen LogP contribution in [-0.4, -0.2) is 11.6 Å². The van der Waals surface area contributed by atoms with Crippen molar-refractivity contribution in [3.8, 4) is 5.75 Å². The van der Waals surface area contributed by atoms with Crippen molar-refractivity contribution in [3.63, 3.8) is 0 Å². The molecule has 0 amide bonds. The molecule has 0 fully saturated rings. The lowest BCUT2D eigenvalue weighted by Crippen LogP contribution is -2.20. The number of nitrogens with zero attached hydrogens (tertiary/aromatic N) is 1. The maximum atomic E-state index is 5.65. The van der Waals surface area contributed by atoms with Crippen LogP contribution in [0, 0.1) is 6.92 Å². The van der Waals surface area contributed by atoms with Crippen molar-refractivity contribution >= 4 is 5.69 Å². The third-order valence-electron chi connectivity index (χ3n) is 3.21. The number of aromatic nitrogens is 1. The molecule has 1 aliphatic heterocycles. The lowest BCUT2D eigenvalue weighted by molar-refractivity contribution is 0.274. The Hall–Kier alpha value is -2.03. The van der Waals surface area contributed by atoms with Crippen molar-refractivity contribution in [2.24, 2.45) is 0 Å². The fourth-order valence-corrected chi connectivity index (χ4v) is 2.25. The number of para-hydroxylation sites is 1. The largest absolute Gasteiger partial charge is 0.493 e. The SMILES string of the molecule is Cc1ccc(NC2CCOc3ccccc32)cn1. The van der Waals surface area contributed by atoms with Crippen LogP contribution in [0.5, 0.6) is 5.75 Å². The van der Waals surface area contributed by atoms with E-state index in [1.165, 1.54) is 5.56 Å². The third kappa shape index (κ3) is 2.16. The summed E-state index contributed by atoms with van der Waals surface area (Å²) in [7, 11) is 0. The Morgan fingerprint density at radius 3 is 2.94 bits per heavy atom. The zero-order chi connectivity index (χ0) is 12.4. The molecule has 1 atom stereocenters. The maximum absolute atomic E-state index is 5.65. The first-order valence-corrected chi connectivity index (χ1v) is 6.24. The molecule has 1 aromatic carbocycles. The van der Waals surface area contributed by atoms with Gasteiger partial charge < -0.3 is 10.1 Å². The molecule has 3 nitrogen and oxygen atoms in total. The van der Waals surface area contributed by atoms with Gasteiger partial charge in [0.25, 0.3) is 0 Å². The number of rotatable bonds is 2. The van der Waals surface area contributed by atoms with E-state index in [0.29, 0.717) is 6.04 Å². The first-order chi connectivity index (χ1) is 8.83. The minimum Gasteiger partial charge on any atom is -0.493 e. The summed E-state index contributed by atoms with van der Waals surface area (Å²) in [6, 6.07) is 12.6. The van der Waals surface area contributed by atoms with Crippen LogP contribution < -0.4 is 10.1 Å². The Balaban J connectivity index is 1.84. The fraction of sp³-hybridized carbons (Fsp3) is 0.267. The van der Waals surface area contributed by atoms with Crippen LogP contribution >= 0.6 is 0 Å². The Morgan fingerprint density at radius 1 is 1.22 bits per heavy atom. The first-order valence-electron chi connectivity index (χ1n) is 6.24. The van der Waals surface area contributed by atoms with Gasteiger partial charge in [0.1, 0.15) is 5.75 Å². The van der Waals surface area contributed by atoms with E-state index < -0.39 is 0 Å². The van der Waals surface area contributed by atoms with E-state index >= 15 is 0 Å². The molecule has 0 spiro atoms. The standard InChI is InChI=1S/C15H16N2O/c1-11-6-7-12(10-16-11)17-14-8-9-18-15-5-3-2-4-13(14)15/h2-7,10,14,17H,8-9H2,1H3. The lowest BCUT2D eigenvalue weighted by Gasteiger charge is -2.27. The van der Waals surface area contributed by atoms with Gasteiger partial charge in [-0.05, 0) is 25.1 Å². The van der Waals surface area contributed by atoms with Gasteiger partial charge in [-0.15, -0.1) is 0 Å². The van der Waals surface area contributed by atoms with Crippen LogP contribution in [0.15, 0.2) is 42.6 Å². The van der Waals surface area contributed by atoms with Gasteiger partial charge in [0.2, 0.25) is 0 Å². The van der Waals surface area contributed by atoms with E-state index in [-0.39, 0.29) is 0 Å². The quantitative estimate of drug-likeness (QED) is 0.874. The molecular formula is C15H16N2O. The van der Waals surface area contributed by atoms with Crippen molar-refractivity contribution < 1.29 is 4.74 Å². The summed E-state index contributed by atoms with van der Waals surface area (Å²) in [6.07, 6.45) is 2.86. The predicted molar refractivity (Wildman–Crippen MR) is 71.9 cm³/mol. The highest BCUT2D eigenvalue weighted by Crippen LogP contribution is 2.33. The molecule has 2 heterocycles. The summed E-state index contributed by atoms with van der Waals surface area (Å²) in [5.74, 6) is 0.987. The molecule has 1 aliphatic rings. The van der Waals surface area contributed by atoms with E-state index in [0.717, 1.165) is 30.2 Å². The zero-order valence-corrected chi connectivity index (χ0v) is 10.4. The average Bonchev–Trinajstić information content (AvgIpc) is 2.42. The second kappa shape index (κ2) is 4.69. The van der Waals surface area contributed by atoms with Crippen LogP contribution in [0.25, 0.3) is 0 Å². The molecule has 0 bridgehead atoms. The van der Waals surface area contributed by atoms with Crippen LogP contribution in [0.3, 0.4) is 0 Å². The number of benzene rings is 1. The van der Waals surface area contributed by atoms with Crippen molar-refractivity contribution in [2.45, 2.75) is 19.4 Å². The van der Waals surface area contributed by atoms with Gasteiger partial charge in [-0.2, -0.15) is 0 Å². The van der Waals surface area contributed by atoms with Crippen molar-refractivity contribution in [2.75, 3.05) is 11.9 Å². The predicted octanol–water partition coefficient (Wildman–Crippen LogP) is 3.33. The number of hydrogen-bond donors (Lipinski definition) is 1. The smallest absolute Gasteiger partial charge is 0.124 e. The molecule has 0 saturated carbocycles. The minimum absolute atomic E-state index is 0.305. The molecule has 0 radical (unpaired) electrons. The van der Waals surface area contributed by atoms with Gasteiger partial charge in [0, 0.05) is 17.7 Å². The highest BCUT2D eigenvalue weighted by Gasteiger charge is 2.20. The molecule has 1 aromatic heterocycles. The number of hydrogen-bond acceptors (Lipinski definition) is 3. The minimum atomic E-state index is 0.305. The maximum Gasteiger partial charge on any atom is 0.124 e. The molecule has 2 aromatic rings. The normalized spacial score (nSPS) is 17.7. The number of ether oxygens (including phenoxy) is 1. The average molecular weight is 240 g/mol. The fourth-order valence-electron chi connectivity index (χ4n) is 2.25. The van der Waals surface area contributed by atoms with Crippen LogP contribution in [0.4, 0.5) is 5.69 Å². The van der Waals surface area contributed by atoms with Gasteiger partial charge in [-0.25, -0.2) is 0 Å². The number of anilines is 1. The zero-order valence-electron chi connectivity index (χ0n) is 10.4. The Labute approximate surface area is 107 Å². The van der Waals surface area contributed by atoms with Gasteiger partial charge in [0.15, 0.2) is 0 Å². The number of aryl methyl sites for hydroxylation is 1. The van der Waals surface area contributed by atoms with Crippen molar-refractivity contribution in [1.82, 2.24) is 4.98 Å². The van der Waals surface area contributed by atoms with Crippen LogP contribution in [0.2, 0.25) is 0 Å². The molecule has 1 N–H and O–H groups in total. The molecule has 0 aliphatic carbocycles. The number of fused-ring (bicyclic) bond motifs is 1. The van der Waals surface area contributed by atoms with E-state index in [1.54, 1.807) is 0 Å². The lowest BCUT2D eigenvalue weighted by atomic mass is 10.0. The van der Waals surface area contributed by atoms with Crippen LogP contribution in [0.1, 0.15) is 23.7 Å². The molecule has 18 heavy (non-hydrogen) atoms. The van der Waals surface area contributed by atoms with Gasteiger partial charge in [0.05, 0.1) is 24.5 Å². The molecule has 3 heteroatoms. The van der Waals surface area contributed by atoms with Gasteiger partial charge in [-0.3, -0.25) is 4.98 Å². The third-order valence-corrected chi connectivity index (χ3v) is 3.21. The second-order valence-electron chi connectivity index (χ2n) is 4.56. The molecule has 92 valence electrons. The van der Waals surface area contributed by atoms with Crippen molar-refractivity contribution in [1.29, 1.82) is 0 Å².